The molecule has 0 aliphatic carbocycles. The summed E-state index contributed by atoms with van der Waals surface area (Å²) in [4.78, 5) is 0. The molecule has 0 bridgehead atoms. The summed E-state index contributed by atoms with van der Waals surface area (Å²) in [5, 5.41) is 7.34. The van der Waals surface area contributed by atoms with Crippen molar-refractivity contribution in [3.8, 4) is 11.1 Å². The van der Waals surface area contributed by atoms with Gasteiger partial charge >= 0.3 is 0 Å². The van der Waals surface area contributed by atoms with Gasteiger partial charge in [0.25, 0.3) is 0 Å². The summed E-state index contributed by atoms with van der Waals surface area (Å²) in [6.45, 7) is 0. The van der Waals surface area contributed by atoms with Gasteiger partial charge in [0.05, 0.1) is 6.26 Å². The van der Waals surface area contributed by atoms with E-state index in [1.165, 1.54) is 15.6 Å². The van der Waals surface area contributed by atoms with Crippen molar-refractivity contribution in [2.45, 2.75) is 0 Å². The Bertz CT molecular complexity index is 1180. The van der Waals surface area contributed by atoms with Crippen molar-refractivity contribution in [2.75, 3.05) is 0 Å². The Morgan fingerprint density at radius 3 is 2.74 bits per heavy atom. The van der Waals surface area contributed by atoms with Gasteiger partial charge in [-0.2, -0.15) is 0 Å². The van der Waals surface area contributed by atoms with E-state index in [1.54, 1.807) is 11.3 Å². The largest absolute Gasteiger partial charge is 0.463 e. The van der Waals surface area contributed by atoms with Gasteiger partial charge in [-0.05, 0) is 46.7 Å². The zero-order chi connectivity index (χ0) is 15.4. The van der Waals surface area contributed by atoms with Crippen molar-refractivity contribution < 1.29 is 4.42 Å². The molecule has 3 heteroatoms. The summed E-state index contributed by atoms with van der Waals surface area (Å²) in [6, 6.07) is 18.8. The van der Waals surface area contributed by atoms with Crippen molar-refractivity contribution in [3.63, 3.8) is 0 Å². The maximum absolute atomic E-state index is 6.29. The van der Waals surface area contributed by atoms with Crippen LogP contribution in [0.1, 0.15) is 0 Å². The third kappa shape index (κ3) is 1.92. The highest BCUT2D eigenvalue weighted by molar-refractivity contribution is 7.17. The lowest BCUT2D eigenvalue weighted by atomic mass is 10.0. The fourth-order valence-electron chi connectivity index (χ4n) is 3.17. The third-order valence-corrected chi connectivity index (χ3v) is 5.53. The molecule has 0 saturated carbocycles. The number of furan rings is 1. The molecule has 0 saturated heterocycles. The Hall–Kier alpha value is -2.29. The lowest BCUT2D eigenvalue weighted by Crippen LogP contribution is -1.78. The Morgan fingerprint density at radius 1 is 0.870 bits per heavy atom. The number of benzene rings is 3. The van der Waals surface area contributed by atoms with Crippen LogP contribution in [0.2, 0.25) is 5.02 Å². The summed E-state index contributed by atoms with van der Waals surface area (Å²) in [5.74, 6) is 0. The molecule has 0 fully saturated rings. The van der Waals surface area contributed by atoms with Gasteiger partial charge in [-0.15, -0.1) is 11.3 Å². The smallest absolute Gasteiger partial charge is 0.142 e. The first-order chi connectivity index (χ1) is 11.3. The van der Waals surface area contributed by atoms with Crippen molar-refractivity contribution in [1.82, 2.24) is 0 Å². The molecule has 2 heterocycles. The number of rotatable bonds is 1. The van der Waals surface area contributed by atoms with Gasteiger partial charge in [-0.25, -0.2) is 0 Å². The van der Waals surface area contributed by atoms with Crippen LogP contribution in [0.4, 0.5) is 0 Å². The number of thiophene rings is 1. The van der Waals surface area contributed by atoms with Crippen LogP contribution in [-0.2, 0) is 0 Å². The van der Waals surface area contributed by atoms with Crippen LogP contribution < -0.4 is 0 Å². The zero-order valence-electron chi connectivity index (χ0n) is 12.0. The van der Waals surface area contributed by atoms with Gasteiger partial charge in [-0.1, -0.05) is 35.9 Å². The van der Waals surface area contributed by atoms with Gasteiger partial charge in [-0.3, -0.25) is 0 Å². The second-order valence-corrected chi connectivity index (χ2v) is 6.95. The summed E-state index contributed by atoms with van der Waals surface area (Å²) in [6.07, 6.45) is 1.85. The zero-order valence-corrected chi connectivity index (χ0v) is 13.6. The average Bonchev–Trinajstić information content (AvgIpc) is 3.21. The fraction of sp³-hybridized carbons (Fsp3) is 0. The molecule has 23 heavy (non-hydrogen) atoms. The van der Waals surface area contributed by atoms with E-state index in [0.29, 0.717) is 0 Å². The summed E-state index contributed by atoms with van der Waals surface area (Å²) in [5.41, 5.74) is 3.19. The van der Waals surface area contributed by atoms with E-state index in [2.05, 4.69) is 47.8 Å². The number of fused-ring (bicyclic) bond motifs is 4. The molecular weight excluding hydrogens is 324 g/mol. The maximum atomic E-state index is 6.29. The highest BCUT2D eigenvalue weighted by Gasteiger charge is 2.12. The molecule has 3 aromatic carbocycles. The molecule has 5 rings (SSSR count). The van der Waals surface area contributed by atoms with Crippen LogP contribution >= 0.6 is 22.9 Å². The van der Waals surface area contributed by atoms with E-state index in [-0.39, 0.29) is 0 Å². The van der Waals surface area contributed by atoms with Crippen LogP contribution in [0.25, 0.3) is 43.0 Å². The Balaban J connectivity index is 1.82. The van der Waals surface area contributed by atoms with E-state index in [1.807, 2.05) is 18.4 Å². The van der Waals surface area contributed by atoms with Gasteiger partial charge in [0.2, 0.25) is 0 Å². The van der Waals surface area contributed by atoms with Crippen LogP contribution in [0.3, 0.4) is 0 Å². The first-order valence-electron chi connectivity index (χ1n) is 7.37. The van der Waals surface area contributed by atoms with Crippen molar-refractivity contribution >= 4 is 54.8 Å². The molecule has 0 atom stereocenters. The third-order valence-electron chi connectivity index (χ3n) is 4.31. The van der Waals surface area contributed by atoms with Gasteiger partial charge in [0, 0.05) is 31.4 Å². The van der Waals surface area contributed by atoms with E-state index in [9.17, 15) is 0 Å². The fourth-order valence-corrected chi connectivity index (χ4v) is 4.18. The molecule has 5 aromatic rings. The predicted octanol–water partition coefficient (Wildman–Crippen LogP) is 7.12. The second kappa shape index (κ2) is 4.85. The molecule has 0 spiro atoms. The minimum absolute atomic E-state index is 0.752. The van der Waals surface area contributed by atoms with Gasteiger partial charge < -0.3 is 4.42 Å². The van der Waals surface area contributed by atoms with E-state index in [0.717, 1.165) is 32.3 Å². The maximum Gasteiger partial charge on any atom is 0.142 e. The molecule has 0 aliphatic rings. The number of hydrogen-bond donors (Lipinski definition) is 0. The molecule has 2 aromatic heterocycles. The monoisotopic (exact) mass is 334 g/mol. The minimum Gasteiger partial charge on any atom is -0.463 e. The Morgan fingerprint density at radius 2 is 1.78 bits per heavy atom. The second-order valence-electron chi connectivity index (χ2n) is 5.60. The summed E-state index contributed by atoms with van der Waals surface area (Å²) in [7, 11) is 0. The molecule has 0 N–H and O–H groups in total. The first-order valence-corrected chi connectivity index (χ1v) is 8.63. The minimum atomic E-state index is 0.752. The SMILES string of the molecule is Clc1cccc2c1ccc1c(-c3ccc4sccc4c3)coc12. The normalized spacial score (nSPS) is 11.7. The van der Waals surface area contributed by atoms with Gasteiger partial charge in [0.1, 0.15) is 5.58 Å². The molecule has 0 aliphatic heterocycles. The molecule has 0 radical (unpaired) electrons. The molecule has 110 valence electrons. The van der Waals surface area contributed by atoms with E-state index < -0.39 is 0 Å². The first kappa shape index (κ1) is 13.2. The van der Waals surface area contributed by atoms with Crippen LogP contribution in [0.5, 0.6) is 0 Å². The van der Waals surface area contributed by atoms with Crippen LogP contribution in [0.15, 0.2) is 70.7 Å². The summed E-state index contributed by atoms with van der Waals surface area (Å²) >= 11 is 8.06. The van der Waals surface area contributed by atoms with Crippen molar-refractivity contribution in [1.29, 1.82) is 0 Å². The van der Waals surface area contributed by atoms with Gasteiger partial charge in [0.15, 0.2) is 0 Å². The Labute approximate surface area is 141 Å². The number of halogens is 1. The molecule has 0 unspecified atom stereocenters. The Kier molecular flexibility index (Phi) is 2.78. The van der Waals surface area contributed by atoms with Crippen LogP contribution in [-0.4, -0.2) is 0 Å². The topological polar surface area (TPSA) is 13.1 Å². The highest BCUT2D eigenvalue weighted by Crippen LogP contribution is 2.38. The standard InChI is InChI=1S/C20H11ClOS/c21-18-3-1-2-15-14(18)5-6-16-17(11-22-20(15)16)12-4-7-19-13(10-12)8-9-23-19/h1-11H. The van der Waals surface area contributed by atoms with Crippen molar-refractivity contribution in [3.05, 3.63) is 71.3 Å². The predicted molar refractivity (Wildman–Crippen MR) is 99.5 cm³/mol. The summed E-state index contributed by atoms with van der Waals surface area (Å²) < 4.78 is 7.21. The van der Waals surface area contributed by atoms with E-state index >= 15 is 0 Å². The number of hydrogen-bond acceptors (Lipinski definition) is 2. The molecule has 1 nitrogen and oxygen atoms in total. The van der Waals surface area contributed by atoms with Crippen molar-refractivity contribution in [2.24, 2.45) is 0 Å². The quantitative estimate of drug-likeness (QED) is 0.318. The molecular formula is C20H11ClOS. The highest BCUT2D eigenvalue weighted by atomic mass is 35.5. The lowest BCUT2D eigenvalue weighted by molar-refractivity contribution is 0.620. The van der Waals surface area contributed by atoms with Crippen LogP contribution in [0, 0.1) is 0 Å². The lowest BCUT2D eigenvalue weighted by Gasteiger charge is -2.02. The average molecular weight is 335 g/mol. The molecule has 0 amide bonds. The van der Waals surface area contributed by atoms with E-state index in [4.69, 9.17) is 16.0 Å².